The molecule has 0 unspecified atom stereocenters. The largest absolute Gasteiger partial charge is 0.326 e. The van der Waals surface area contributed by atoms with Crippen molar-refractivity contribution in [3.05, 3.63) is 59.2 Å². The van der Waals surface area contributed by atoms with Gasteiger partial charge in [0.15, 0.2) is 5.78 Å². The van der Waals surface area contributed by atoms with Crippen molar-refractivity contribution in [3.63, 3.8) is 0 Å². The van der Waals surface area contributed by atoms with Crippen LogP contribution in [0.5, 0.6) is 0 Å². The number of Topliss-reactive ketones (excluding diaryl/α,β-unsaturated/α-hetero) is 1. The number of amides is 1. The summed E-state index contributed by atoms with van der Waals surface area (Å²) in [6.07, 6.45) is 0. The van der Waals surface area contributed by atoms with Gasteiger partial charge < -0.3 is 5.32 Å². The Morgan fingerprint density at radius 3 is 2.24 bits per heavy atom. The molecule has 4 heteroatoms. The molecule has 0 radical (unpaired) electrons. The van der Waals surface area contributed by atoms with Gasteiger partial charge in [-0.15, -0.1) is 11.8 Å². The van der Waals surface area contributed by atoms with Gasteiger partial charge in [0.2, 0.25) is 5.91 Å². The summed E-state index contributed by atoms with van der Waals surface area (Å²) >= 11 is 1.56. The number of ketones is 1. The van der Waals surface area contributed by atoms with Crippen LogP contribution in [0.15, 0.2) is 47.4 Å². The first-order valence-electron chi connectivity index (χ1n) is 8.31. The molecule has 0 bridgehead atoms. The number of nitrogens with one attached hydrogen (secondary N) is 1. The number of carbonyl (C=O) groups is 2. The fourth-order valence-electron chi connectivity index (χ4n) is 2.15. The molecule has 0 fully saturated rings. The van der Waals surface area contributed by atoms with E-state index in [1.165, 1.54) is 11.1 Å². The van der Waals surface area contributed by atoms with Crippen molar-refractivity contribution in [2.75, 3.05) is 11.1 Å². The van der Waals surface area contributed by atoms with E-state index in [2.05, 4.69) is 37.4 Å². The third-order valence-corrected chi connectivity index (χ3v) is 5.01. The lowest BCUT2D eigenvalue weighted by Gasteiger charge is -2.17. The minimum absolute atomic E-state index is 0.0444. The van der Waals surface area contributed by atoms with Crippen molar-refractivity contribution < 1.29 is 9.59 Å². The standard InChI is InChI=1S/C21H25NO2S/c1-14-6-7-15(2)19(12-14)25-13-18(23)16-8-10-17(11-9-16)22-20(24)21(3,4)5/h6-12H,13H2,1-5H3,(H,22,24). The van der Waals surface area contributed by atoms with Gasteiger partial charge in [-0.3, -0.25) is 9.59 Å². The van der Waals surface area contributed by atoms with Crippen LogP contribution in [0, 0.1) is 19.3 Å². The Kier molecular flexibility index (Phi) is 6.07. The van der Waals surface area contributed by atoms with Crippen LogP contribution in [0.1, 0.15) is 42.3 Å². The second-order valence-electron chi connectivity index (χ2n) is 7.26. The molecule has 0 aliphatic carbocycles. The summed E-state index contributed by atoms with van der Waals surface area (Å²) in [5, 5.41) is 2.86. The smallest absolute Gasteiger partial charge is 0.229 e. The number of hydrogen-bond acceptors (Lipinski definition) is 3. The number of anilines is 1. The van der Waals surface area contributed by atoms with Crippen molar-refractivity contribution in [1.82, 2.24) is 0 Å². The molecule has 0 saturated carbocycles. The zero-order valence-electron chi connectivity index (χ0n) is 15.5. The van der Waals surface area contributed by atoms with Crippen molar-refractivity contribution >= 4 is 29.1 Å². The SMILES string of the molecule is Cc1ccc(C)c(SCC(=O)c2ccc(NC(=O)C(C)(C)C)cc2)c1. The third-order valence-electron chi connectivity index (χ3n) is 3.85. The highest BCUT2D eigenvalue weighted by molar-refractivity contribution is 8.00. The van der Waals surface area contributed by atoms with Crippen LogP contribution in [-0.4, -0.2) is 17.4 Å². The van der Waals surface area contributed by atoms with Gasteiger partial charge in [0.1, 0.15) is 0 Å². The molecule has 0 aliphatic rings. The lowest BCUT2D eigenvalue weighted by Crippen LogP contribution is -2.27. The van der Waals surface area contributed by atoms with E-state index in [-0.39, 0.29) is 11.7 Å². The molecule has 0 aromatic heterocycles. The Morgan fingerprint density at radius 2 is 1.64 bits per heavy atom. The summed E-state index contributed by atoms with van der Waals surface area (Å²) in [6, 6.07) is 13.4. The lowest BCUT2D eigenvalue weighted by atomic mass is 9.95. The van der Waals surface area contributed by atoms with E-state index < -0.39 is 5.41 Å². The fraction of sp³-hybridized carbons (Fsp3) is 0.333. The quantitative estimate of drug-likeness (QED) is 0.587. The van der Waals surface area contributed by atoms with Gasteiger partial charge in [0, 0.05) is 21.6 Å². The number of aryl methyl sites for hydroxylation is 2. The van der Waals surface area contributed by atoms with Crippen molar-refractivity contribution in [3.8, 4) is 0 Å². The van der Waals surface area contributed by atoms with Crippen LogP contribution in [0.3, 0.4) is 0 Å². The Hall–Kier alpha value is -2.07. The number of thioether (sulfide) groups is 1. The van der Waals surface area contributed by atoms with E-state index in [9.17, 15) is 9.59 Å². The van der Waals surface area contributed by atoms with E-state index in [1.54, 1.807) is 36.0 Å². The summed E-state index contributed by atoms with van der Waals surface area (Å²) in [4.78, 5) is 25.5. The van der Waals surface area contributed by atoms with Gasteiger partial charge in [-0.25, -0.2) is 0 Å². The van der Waals surface area contributed by atoms with Crippen molar-refractivity contribution in [1.29, 1.82) is 0 Å². The minimum atomic E-state index is -0.448. The zero-order valence-corrected chi connectivity index (χ0v) is 16.3. The Morgan fingerprint density at radius 1 is 1.00 bits per heavy atom. The molecule has 2 aromatic carbocycles. The summed E-state index contributed by atoms with van der Waals surface area (Å²) in [6.45, 7) is 9.70. The molecule has 0 spiro atoms. The molecular formula is C21H25NO2S. The molecule has 0 atom stereocenters. The Labute approximate surface area is 154 Å². The number of benzene rings is 2. The average Bonchev–Trinajstić information content (AvgIpc) is 2.55. The first-order chi connectivity index (χ1) is 11.7. The molecular weight excluding hydrogens is 330 g/mol. The molecule has 2 aromatic rings. The minimum Gasteiger partial charge on any atom is -0.326 e. The van der Waals surface area contributed by atoms with Crippen LogP contribution >= 0.6 is 11.8 Å². The molecule has 3 nitrogen and oxygen atoms in total. The average molecular weight is 356 g/mol. The maximum Gasteiger partial charge on any atom is 0.229 e. The molecule has 25 heavy (non-hydrogen) atoms. The van der Waals surface area contributed by atoms with Crippen LogP contribution in [0.2, 0.25) is 0 Å². The second-order valence-corrected chi connectivity index (χ2v) is 8.28. The molecule has 1 amide bonds. The maximum absolute atomic E-state index is 12.4. The maximum atomic E-state index is 12.4. The van der Waals surface area contributed by atoms with Crippen LogP contribution < -0.4 is 5.32 Å². The third kappa shape index (κ3) is 5.46. The number of rotatable bonds is 5. The molecule has 1 N–H and O–H groups in total. The first-order valence-corrected chi connectivity index (χ1v) is 9.30. The second kappa shape index (κ2) is 7.87. The van der Waals surface area contributed by atoms with E-state index in [1.807, 2.05) is 20.8 Å². The lowest BCUT2D eigenvalue weighted by molar-refractivity contribution is -0.123. The molecule has 0 saturated heterocycles. The van der Waals surface area contributed by atoms with E-state index >= 15 is 0 Å². The summed E-state index contributed by atoms with van der Waals surface area (Å²) in [5.41, 5.74) is 3.30. The summed E-state index contributed by atoms with van der Waals surface area (Å²) in [7, 11) is 0. The van der Waals surface area contributed by atoms with Crippen molar-refractivity contribution in [2.24, 2.45) is 5.41 Å². The number of carbonyl (C=O) groups excluding carboxylic acids is 2. The predicted molar refractivity (Wildman–Crippen MR) is 105 cm³/mol. The summed E-state index contributed by atoms with van der Waals surface area (Å²) < 4.78 is 0. The van der Waals surface area contributed by atoms with Gasteiger partial charge in [0.05, 0.1) is 5.75 Å². The van der Waals surface area contributed by atoms with E-state index in [0.717, 1.165) is 4.90 Å². The van der Waals surface area contributed by atoms with Gasteiger partial charge in [0.25, 0.3) is 0 Å². The van der Waals surface area contributed by atoms with Gasteiger partial charge in [-0.05, 0) is 49.7 Å². The molecule has 132 valence electrons. The van der Waals surface area contributed by atoms with Crippen molar-refractivity contribution in [2.45, 2.75) is 39.5 Å². The highest BCUT2D eigenvalue weighted by Crippen LogP contribution is 2.25. The first kappa shape index (κ1) is 19.3. The van der Waals surface area contributed by atoms with Crippen LogP contribution in [0.4, 0.5) is 5.69 Å². The Balaban J connectivity index is 1.98. The van der Waals surface area contributed by atoms with Gasteiger partial charge >= 0.3 is 0 Å². The zero-order chi connectivity index (χ0) is 18.6. The molecule has 2 rings (SSSR count). The normalized spacial score (nSPS) is 11.2. The monoisotopic (exact) mass is 355 g/mol. The predicted octanol–water partition coefficient (Wildman–Crippen LogP) is 5.26. The van der Waals surface area contributed by atoms with Crippen LogP contribution in [0.25, 0.3) is 0 Å². The number of hydrogen-bond donors (Lipinski definition) is 1. The topological polar surface area (TPSA) is 46.2 Å². The highest BCUT2D eigenvalue weighted by atomic mass is 32.2. The Bertz CT molecular complexity index is 773. The van der Waals surface area contributed by atoms with E-state index in [4.69, 9.17) is 0 Å². The summed E-state index contributed by atoms with van der Waals surface area (Å²) in [5.74, 6) is 0.439. The van der Waals surface area contributed by atoms with E-state index in [0.29, 0.717) is 17.0 Å². The van der Waals surface area contributed by atoms with Crippen LogP contribution in [-0.2, 0) is 4.79 Å². The van der Waals surface area contributed by atoms with Gasteiger partial charge in [-0.1, -0.05) is 38.5 Å². The molecule has 0 heterocycles. The molecule has 0 aliphatic heterocycles. The van der Waals surface area contributed by atoms with Gasteiger partial charge in [-0.2, -0.15) is 0 Å². The highest BCUT2D eigenvalue weighted by Gasteiger charge is 2.21. The fourth-order valence-corrected chi connectivity index (χ4v) is 3.17.